The molecule has 0 aliphatic heterocycles. The van der Waals surface area contributed by atoms with E-state index in [1.165, 1.54) is 0 Å². The number of halogens is 1. The molecule has 78 valence electrons. The summed E-state index contributed by atoms with van der Waals surface area (Å²) in [5.74, 6) is 0. The molecular formula is C8H10ClNO3S. The Kier molecular flexibility index (Phi) is 3.74. The van der Waals surface area contributed by atoms with Gasteiger partial charge in [-0.15, -0.1) is 11.6 Å². The number of hydrogen-bond donors (Lipinski definition) is 2. The Balaban J connectivity index is 2.87. The zero-order valence-electron chi connectivity index (χ0n) is 7.27. The molecule has 1 rings (SSSR count). The molecule has 0 spiro atoms. The van der Waals surface area contributed by atoms with Gasteiger partial charge in [-0.2, -0.15) is 0 Å². The fourth-order valence-electron chi connectivity index (χ4n) is 0.940. The van der Waals surface area contributed by atoms with Gasteiger partial charge in [-0.05, 0) is 17.7 Å². The third-order valence-corrected chi connectivity index (χ3v) is 3.22. The quantitative estimate of drug-likeness (QED) is 0.769. The van der Waals surface area contributed by atoms with E-state index in [0.717, 1.165) is 0 Å². The monoisotopic (exact) mass is 235 g/mol. The highest BCUT2D eigenvalue weighted by Gasteiger charge is 2.07. The second-order valence-corrected chi connectivity index (χ2v) is 4.99. The van der Waals surface area contributed by atoms with Gasteiger partial charge >= 0.3 is 0 Å². The van der Waals surface area contributed by atoms with Gasteiger partial charge in [0.1, 0.15) is 5.21 Å². The molecule has 0 unspecified atom stereocenters. The molecule has 0 aliphatic rings. The first-order chi connectivity index (χ1) is 6.57. The lowest BCUT2D eigenvalue weighted by molar-refractivity contribution is 0.282. The van der Waals surface area contributed by atoms with Crippen LogP contribution < -0.4 is 4.72 Å². The van der Waals surface area contributed by atoms with E-state index < -0.39 is 15.2 Å². The molecule has 0 atom stereocenters. The maximum atomic E-state index is 11.1. The fourth-order valence-corrected chi connectivity index (χ4v) is 1.64. The summed E-state index contributed by atoms with van der Waals surface area (Å²) in [6, 6.07) is 6.48. The van der Waals surface area contributed by atoms with Gasteiger partial charge in [-0.1, -0.05) is 12.1 Å². The standard InChI is InChI=1S/C8H10ClNO3S/c9-6-14(12,13)10-8-3-1-2-7(4-8)5-11/h1-4,10-11H,5-6H2. The summed E-state index contributed by atoms with van der Waals surface area (Å²) in [6.45, 7) is -0.129. The summed E-state index contributed by atoms with van der Waals surface area (Å²) in [5, 5.41) is 8.32. The predicted molar refractivity (Wildman–Crippen MR) is 55.6 cm³/mol. The van der Waals surface area contributed by atoms with Crippen molar-refractivity contribution in [3.05, 3.63) is 29.8 Å². The summed E-state index contributed by atoms with van der Waals surface area (Å²) >= 11 is 5.22. The summed E-state index contributed by atoms with van der Waals surface area (Å²) in [6.07, 6.45) is 0. The lowest BCUT2D eigenvalue weighted by atomic mass is 10.2. The minimum absolute atomic E-state index is 0.129. The average Bonchev–Trinajstić information content (AvgIpc) is 2.17. The smallest absolute Gasteiger partial charge is 0.246 e. The molecule has 1 aromatic carbocycles. The number of rotatable bonds is 4. The van der Waals surface area contributed by atoms with Crippen molar-refractivity contribution in [3.63, 3.8) is 0 Å². The number of aliphatic hydroxyl groups is 1. The molecule has 14 heavy (non-hydrogen) atoms. The van der Waals surface area contributed by atoms with Gasteiger partial charge in [0.15, 0.2) is 0 Å². The number of hydrogen-bond acceptors (Lipinski definition) is 3. The zero-order valence-corrected chi connectivity index (χ0v) is 8.85. The van der Waals surface area contributed by atoms with E-state index >= 15 is 0 Å². The van der Waals surface area contributed by atoms with E-state index in [2.05, 4.69) is 4.72 Å². The number of anilines is 1. The number of aliphatic hydroxyl groups excluding tert-OH is 1. The first kappa shape index (κ1) is 11.3. The van der Waals surface area contributed by atoms with Crippen molar-refractivity contribution in [1.29, 1.82) is 0 Å². The van der Waals surface area contributed by atoms with E-state index in [0.29, 0.717) is 11.3 Å². The van der Waals surface area contributed by atoms with Crippen LogP contribution in [0.25, 0.3) is 0 Å². The summed E-state index contributed by atoms with van der Waals surface area (Å²) < 4.78 is 24.4. The van der Waals surface area contributed by atoms with Crippen molar-refractivity contribution in [1.82, 2.24) is 0 Å². The van der Waals surface area contributed by atoms with Gasteiger partial charge in [-0.25, -0.2) is 8.42 Å². The molecule has 0 saturated carbocycles. The van der Waals surface area contributed by atoms with Crippen LogP contribution in [-0.2, 0) is 16.6 Å². The first-order valence-corrected chi connectivity index (χ1v) is 6.02. The summed E-state index contributed by atoms with van der Waals surface area (Å²) in [7, 11) is -3.46. The Labute approximate surface area is 87.6 Å². The van der Waals surface area contributed by atoms with Crippen LogP contribution in [-0.4, -0.2) is 18.7 Å². The minimum atomic E-state index is -3.46. The van der Waals surface area contributed by atoms with Gasteiger partial charge in [0, 0.05) is 5.69 Å². The molecule has 0 heterocycles. The van der Waals surface area contributed by atoms with Crippen LogP contribution in [0.2, 0.25) is 0 Å². The van der Waals surface area contributed by atoms with Gasteiger partial charge in [0.2, 0.25) is 10.0 Å². The molecule has 4 nitrogen and oxygen atoms in total. The van der Waals surface area contributed by atoms with Crippen LogP contribution >= 0.6 is 11.6 Å². The van der Waals surface area contributed by atoms with E-state index in [9.17, 15) is 8.42 Å². The topological polar surface area (TPSA) is 66.4 Å². The molecule has 2 N–H and O–H groups in total. The summed E-state index contributed by atoms with van der Waals surface area (Å²) in [5.41, 5.74) is 1.04. The van der Waals surface area contributed by atoms with Crippen LogP contribution in [0.15, 0.2) is 24.3 Å². The lowest BCUT2D eigenvalue weighted by Gasteiger charge is -2.05. The number of sulfonamides is 1. The maximum Gasteiger partial charge on any atom is 0.246 e. The minimum Gasteiger partial charge on any atom is -0.392 e. The second kappa shape index (κ2) is 4.63. The van der Waals surface area contributed by atoms with Crippen molar-refractivity contribution in [3.8, 4) is 0 Å². The van der Waals surface area contributed by atoms with E-state index in [4.69, 9.17) is 16.7 Å². The van der Waals surface area contributed by atoms with E-state index in [1.807, 2.05) is 0 Å². The average molecular weight is 236 g/mol. The SMILES string of the molecule is O=S(=O)(CCl)Nc1cccc(CO)c1. The highest BCUT2D eigenvalue weighted by Crippen LogP contribution is 2.12. The van der Waals surface area contributed by atoms with Crippen molar-refractivity contribution in [2.24, 2.45) is 0 Å². The Morgan fingerprint density at radius 2 is 2.14 bits per heavy atom. The highest BCUT2D eigenvalue weighted by molar-refractivity contribution is 7.93. The van der Waals surface area contributed by atoms with Crippen LogP contribution in [0.4, 0.5) is 5.69 Å². The van der Waals surface area contributed by atoms with Crippen molar-refractivity contribution >= 4 is 27.3 Å². The Morgan fingerprint density at radius 1 is 1.43 bits per heavy atom. The van der Waals surface area contributed by atoms with Gasteiger partial charge in [-0.3, -0.25) is 4.72 Å². The Morgan fingerprint density at radius 3 is 2.71 bits per heavy atom. The fraction of sp³-hybridized carbons (Fsp3) is 0.250. The summed E-state index contributed by atoms with van der Waals surface area (Å²) in [4.78, 5) is 0. The molecule has 0 aromatic heterocycles. The van der Waals surface area contributed by atoms with Crippen LogP contribution in [0.1, 0.15) is 5.56 Å². The van der Waals surface area contributed by atoms with Crippen molar-refractivity contribution in [2.45, 2.75) is 6.61 Å². The third-order valence-electron chi connectivity index (χ3n) is 1.53. The van der Waals surface area contributed by atoms with Crippen LogP contribution in [0.3, 0.4) is 0 Å². The number of nitrogens with one attached hydrogen (secondary N) is 1. The van der Waals surface area contributed by atoms with Gasteiger partial charge in [0.05, 0.1) is 6.61 Å². The highest BCUT2D eigenvalue weighted by atomic mass is 35.5. The largest absolute Gasteiger partial charge is 0.392 e. The van der Waals surface area contributed by atoms with E-state index in [-0.39, 0.29) is 6.61 Å². The van der Waals surface area contributed by atoms with Gasteiger partial charge in [0.25, 0.3) is 0 Å². The zero-order chi connectivity index (χ0) is 10.6. The third kappa shape index (κ3) is 3.17. The Hall–Kier alpha value is -0.780. The lowest BCUT2D eigenvalue weighted by Crippen LogP contribution is -2.13. The molecule has 6 heteroatoms. The molecule has 0 bridgehead atoms. The van der Waals surface area contributed by atoms with Crippen LogP contribution in [0.5, 0.6) is 0 Å². The molecule has 0 saturated heterocycles. The van der Waals surface area contributed by atoms with Crippen molar-refractivity contribution in [2.75, 3.05) is 9.93 Å². The molecule has 0 radical (unpaired) electrons. The molecule has 0 amide bonds. The van der Waals surface area contributed by atoms with Gasteiger partial charge < -0.3 is 5.11 Å². The molecule has 1 aromatic rings. The molecule has 0 fully saturated rings. The van der Waals surface area contributed by atoms with Crippen LogP contribution in [0, 0.1) is 0 Å². The molecular weight excluding hydrogens is 226 g/mol. The predicted octanol–water partition coefficient (Wildman–Crippen LogP) is 1.12. The normalized spacial score (nSPS) is 11.3. The molecule has 0 aliphatic carbocycles. The first-order valence-electron chi connectivity index (χ1n) is 3.83. The second-order valence-electron chi connectivity index (χ2n) is 2.68. The number of alkyl halides is 1. The number of benzene rings is 1. The van der Waals surface area contributed by atoms with E-state index in [1.54, 1.807) is 24.3 Å². The maximum absolute atomic E-state index is 11.1. The van der Waals surface area contributed by atoms with Crippen molar-refractivity contribution < 1.29 is 13.5 Å². The Bertz CT molecular complexity index is 405.